The number of nitrogens with zero attached hydrogens (tertiary/aromatic N) is 4. The van der Waals surface area contributed by atoms with Crippen molar-refractivity contribution >= 4 is 17.7 Å². The summed E-state index contributed by atoms with van der Waals surface area (Å²) in [6.45, 7) is 0.435. The largest absolute Gasteiger partial charge is 0.497 e. The topological polar surface area (TPSA) is 81.9 Å². The van der Waals surface area contributed by atoms with Gasteiger partial charge < -0.3 is 10.1 Å². The fraction of sp³-hybridized carbons (Fsp3) is 0.130. The van der Waals surface area contributed by atoms with E-state index in [0.717, 1.165) is 22.6 Å². The van der Waals surface area contributed by atoms with Crippen LogP contribution in [-0.2, 0) is 11.3 Å². The molecule has 0 unspecified atom stereocenters. The number of benzene rings is 2. The van der Waals surface area contributed by atoms with Crippen molar-refractivity contribution in [3.05, 3.63) is 84.7 Å². The van der Waals surface area contributed by atoms with Gasteiger partial charge in [0.05, 0.1) is 12.9 Å². The van der Waals surface area contributed by atoms with E-state index >= 15 is 0 Å². The van der Waals surface area contributed by atoms with E-state index in [-0.39, 0.29) is 11.7 Å². The van der Waals surface area contributed by atoms with Crippen LogP contribution in [-0.4, -0.2) is 38.5 Å². The fourth-order valence-electron chi connectivity index (χ4n) is 3.03. The number of thioether (sulfide) groups is 1. The van der Waals surface area contributed by atoms with Gasteiger partial charge in [0.15, 0.2) is 11.0 Å². The first-order valence-electron chi connectivity index (χ1n) is 9.68. The molecular weight excluding hydrogens is 410 g/mol. The maximum Gasteiger partial charge on any atom is 0.230 e. The molecule has 0 aliphatic carbocycles. The lowest BCUT2D eigenvalue weighted by molar-refractivity contribution is -0.118. The molecule has 0 aliphatic rings. The first-order chi connectivity index (χ1) is 15.2. The van der Waals surface area contributed by atoms with Gasteiger partial charge in [-0.05, 0) is 42.0 Å². The number of carbonyl (C=O) groups is 1. The number of carbonyl (C=O) groups excluding carboxylic acids is 1. The monoisotopic (exact) mass is 431 g/mol. The maximum atomic E-state index is 12.4. The molecule has 2 aromatic heterocycles. The van der Waals surface area contributed by atoms with Crippen LogP contribution in [0.15, 0.2) is 84.3 Å². The van der Waals surface area contributed by atoms with E-state index in [1.165, 1.54) is 11.8 Å². The highest BCUT2D eigenvalue weighted by molar-refractivity contribution is 7.99. The maximum absolute atomic E-state index is 12.4. The molecule has 0 fully saturated rings. The molecule has 0 saturated carbocycles. The number of ether oxygens (including phenoxy) is 1. The molecule has 4 aromatic rings. The lowest BCUT2D eigenvalue weighted by atomic mass is 10.2. The number of pyridine rings is 1. The van der Waals surface area contributed by atoms with Gasteiger partial charge in [-0.15, -0.1) is 10.2 Å². The highest BCUT2D eigenvalue weighted by atomic mass is 32.2. The Hall–Kier alpha value is -3.65. The second-order valence-electron chi connectivity index (χ2n) is 6.63. The minimum absolute atomic E-state index is 0.0825. The summed E-state index contributed by atoms with van der Waals surface area (Å²) >= 11 is 1.35. The second kappa shape index (κ2) is 9.90. The zero-order valence-electron chi connectivity index (χ0n) is 16.9. The Bertz CT molecular complexity index is 1150. The third kappa shape index (κ3) is 5.10. The van der Waals surface area contributed by atoms with Crippen molar-refractivity contribution in [3.63, 3.8) is 0 Å². The summed E-state index contributed by atoms with van der Waals surface area (Å²) in [4.78, 5) is 16.5. The molecule has 2 heterocycles. The first kappa shape index (κ1) is 20.6. The van der Waals surface area contributed by atoms with Crippen molar-refractivity contribution in [1.82, 2.24) is 25.1 Å². The molecule has 1 amide bonds. The molecule has 0 spiro atoms. The van der Waals surface area contributed by atoms with Crippen LogP contribution >= 0.6 is 11.8 Å². The number of aromatic nitrogens is 4. The van der Waals surface area contributed by atoms with Crippen LogP contribution in [0.2, 0.25) is 0 Å². The lowest BCUT2D eigenvalue weighted by Crippen LogP contribution is -2.24. The van der Waals surface area contributed by atoms with Crippen LogP contribution in [0.1, 0.15) is 5.56 Å². The Kier molecular flexibility index (Phi) is 6.59. The molecule has 1 N–H and O–H groups in total. The van der Waals surface area contributed by atoms with Gasteiger partial charge in [0.25, 0.3) is 0 Å². The van der Waals surface area contributed by atoms with E-state index in [2.05, 4.69) is 20.5 Å². The molecule has 7 nitrogen and oxygen atoms in total. The Labute approximate surface area is 184 Å². The molecule has 4 rings (SSSR count). The molecule has 0 atom stereocenters. The van der Waals surface area contributed by atoms with Crippen molar-refractivity contribution in [2.75, 3.05) is 12.9 Å². The quantitative estimate of drug-likeness (QED) is 0.428. The van der Waals surface area contributed by atoms with Gasteiger partial charge in [0.2, 0.25) is 5.91 Å². The fourth-order valence-corrected chi connectivity index (χ4v) is 3.81. The van der Waals surface area contributed by atoms with E-state index in [1.54, 1.807) is 19.5 Å². The van der Waals surface area contributed by atoms with Crippen LogP contribution in [0.5, 0.6) is 5.75 Å². The SMILES string of the molecule is COc1cccc(CNC(=O)CSc2nnc(-c3ccncc3)n2-c2ccccc2)c1. The van der Waals surface area contributed by atoms with Crippen LogP contribution in [0.3, 0.4) is 0 Å². The number of para-hydroxylation sites is 1. The summed E-state index contributed by atoms with van der Waals surface area (Å²) in [6.07, 6.45) is 3.44. The third-order valence-electron chi connectivity index (χ3n) is 4.54. The van der Waals surface area contributed by atoms with Gasteiger partial charge >= 0.3 is 0 Å². The molecule has 0 radical (unpaired) electrons. The highest BCUT2D eigenvalue weighted by Crippen LogP contribution is 2.27. The van der Waals surface area contributed by atoms with Gasteiger partial charge in [-0.25, -0.2) is 0 Å². The van der Waals surface area contributed by atoms with Crippen molar-refractivity contribution < 1.29 is 9.53 Å². The van der Waals surface area contributed by atoms with E-state index in [4.69, 9.17) is 4.74 Å². The molecule has 31 heavy (non-hydrogen) atoms. The lowest BCUT2D eigenvalue weighted by Gasteiger charge is -2.10. The number of hydrogen-bond donors (Lipinski definition) is 1. The Morgan fingerprint density at radius 3 is 2.61 bits per heavy atom. The van der Waals surface area contributed by atoms with Crippen molar-refractivity contribution in [2.24, 2.45) is 0 Å². The standard InChI is InChI=1S/C23H21N5O2S/c1-30-20-9-5-6-17(14-20)15-25-21(29)16-31-23-27-26-22(18-10-12-24-13-11-18)28(23)19-7-3-2-4-8-19/h2-14H,15-16H2,1H3,(H,25,29). The van der Waals surface area contributed by atoms with E-state index in [0.29, 0.717) is 17.5 Å². The smallest absolute Gasteiger partial charge is 0.230 e. The molecule has 0 aliphatic heterocycles. The average molecular weight is 432 g/mol. The van der Waals surface area contributed by atoms with Gasteiger partial charge in [-0.2, -0.15) is 0 Å². The molecule has 156 valence electrons. The minimum Gasteiger partial charge on any atom is -0.497 e. The number of nitrogens with one attached hydrogen (secondary N) is 1. The summed E-state index contributed by atoms with van der Waals surface area (Å²) in [5.74, 6) is 1.61. The summed E-state index contributed by atoms with van der Waals surface area (Å²) in [6, 6.07) is 21.2. The summed E-state index contributed by atoms with van der Waals surface area (Å²) in [5.41, 5.74) is 2.81. The zero-order valence-corrected chi connectivity index (χ0v) is 17.7. The number of rotatable bonds is 8. The summed E-state index contributed by atoms with van der Waals surface area (Å²) < 4.78 is 7.18. The minimum atomic E-state index is -0.0825. The summed E-state index contributed by atoms with van der Waals surface area (Å²) in [7, 11) is 1.62. The molecule has 0 saturated heterocycles. The Balaban J connectivity index is 1.48. The van der Waals surface area contributed by atoms with Crippen LogP contribution in [0.25, 0.3) is 17.1 Å². The van der Waals surface area contributed by atoms with Gasteiger partial charge in [0, 0.05) is 30.2 Å². The number of methoxy groups -OCH3 is 1. The second-order valence-corrected chi connectivity index (χ2v) is 7.57. The predicted octanol–water partition coefficient (Wildman–Crippen LogP) is 3.75. The van der Waals surface area contributed by atoms with Crippen molar-refractivity contribution in [2.45, 2.75) is 11.7 Å². The van der Waals surface area contributed by atoms with E-state index < -0.39 is 0 Å². The highest BCUT2D eigenvalue weighted by Gasteiger charge is 2.17. The zero-order chi connectivity index (χ0) is 21.5. The number of hydrogen-bond acceptors (Lipinski definition) is 6. The Morgan fingerprint density at radius 1 is 1.03 bits per heavy atom. The molecule has 2 aromatic carbocycles. The summed E-state index contributed by atoms with van der Waals surface area (Å²) in [5, 5.41) is 12.3. The molecule has 8 heteroatoms. The van der Waals surface area contributed by atoms with Gasteiger partial charge in [-0.3, -0.25) is 14.3 Å². The molecule has 0 bridgehead atoms. The molecular formula is C23H21N5O2S. The van der Waals surface area contributed by atoms with Crippen LogP contribution in [0, 0.1) is 0 Å². The van der Waals surface area contributed by atoms with E-state index in [9.17, 15) is 4.79 Å². The van der Waals surface area contributed by atoms with Crippen molar-refractivity contribution in [1.29, 1.82) is 0 Å². The van der Waals surface area contributed by atoms with Gasteiger partial charge in [-0.1, -0.05) is 42.1 Å². The predicted molar refractivity (Wildman–Crippen MR) is 120 cm³/mol. The normalized spacial score (nSPS) is 10.6. The van der Waals surface area contributed by atoms with Crippen LogP contribution in [0.4, 0.5) is 0 Å². The first-order valence-corrected chi connectivity index (χ1v) is 10.7. The number of amides is 1. The van der Waals surface area contributed by atoms with Crippen molar-refractivity contribution in [3.8, 4) is 22.8 Å². The average Bonchev–Trinajstić information content (AvgIpc) is 3.26. The van der Waals surface area contributed by atoms with Gasteiger partial charge in [0.1, 0.15) is 5.75 Å². The van der Waals surface area contributed by atoms with Crippen LogP contribution < -0.4 is 10.1 Å². The Morgan fingerprint density at radius 2 is 1.84 bits per heavy atom. The third-order valence-corrected chi connectivity index (χ3v) is 5.47. The van der Waals surface area contributed by atoms with E-state index in [1.807, 2.05) is 71.3 Å².